The van der Waals surface area contributed by atoms with E-state index in [1.807, 2.05) is 18.2 Å². The van der Waals surface area contributed by atoms with Crippen molar-refractivity contribution in [3.05, 3.63) is 28.9 Å². The molecule has 0 radical (unpaired) electrons. The van der Waals surface area contributed by atoms with Gasteiger partial charge in [0.25, 0.3) is 0 Å². The fourth-order valence-electron chi connectivity index (χ4n) is 1.68. The summed E-state index contributed by atoms with van der Waals surface area (Å²) in [5.41, 5.74) is 0.913. The maximum atomic E-state index is 11.2. The van der Waals surface area contributed by atoms with E-state index >= 15 is 0 Å². The van der Waals surface area contributed by atoms with Crippen molar-refractivity contribution in [2.45, 2.75) is 6.42 Å². The molecular weight excluding hydrogens is 178 g/mol. The number of hydrogen-bond acceptors (Lipinski definition) is 2. The lowest BCUT2D eigenvalue weighted by Gasteiger charge is -1.98. The van der Waals surface area contributed by atoms with Crippen LogP contribution >= 0.6 is 0 Å². The van der Waals surface area contributed by atoms with Gasteiger partial charge in [0, 0.05) is 11.8 Å². The van der Waals surface area contributed by atoms with Gasteiger partial charge in [0.15, 0.2) is 0 Å². The van der Waals surface area contributed by atoms with Crippen LogP contribution < -0.4 is 10.6 Å². The molecule has 68 valence electrons. The van der Waals surface area contributed by atoms with Crippen molar-refractivity contribution in [2.24, 2.45) is 4.99 Å². The third-order valence-electron chi connectivity index (χ3n) is 2.36. The van der Waals surface area contributed by atoms with Crippen molar-refractivity contribution in [2.75, 3.05) is 0 Å². The lowest BCUT2D eigenvalue weighted by Crippen LogP contribution is -2.29. The molecule has 1 aromatic carbocycles. The second kappa shape index (κ2) is 2.51. The van der Waals surface area contributed by atoms with Crippen molar-refractivity contribution in [1.29, 1.82) is 0 Å². The van der Waals surface area contributed by atoms with Crippen molar-refractivity contribution >= 4 is 22.9 Å². The van der Waals surface area contributed by atoms with E-state index in [1.54, 1.807) is 6.20 Å². The summed E-state index contributed by atoms with van der Waals surface area (Å²) in [5.74, 6) is -0.0915. The Balaban J connectivity index is 2.61. The first kappa shape index (κ1) is 7.44. The van der Waals surface area contributed by atoms with Gasteiger partial charge in [-0.25, -0.2) is 4.99 Å². The van der Waals surface area contributed by atoms with Crippen LogP contribution in [-0.2, 0) is 4.79 Å². The van der Waals surface area contributed by atoms with Crippen LogP contribution in [0.4, 0.5) is 0 Å². The summed E-state index contributed by atoms with van der Waals surface area (Å²) in [4.78, 5) is 15.2. The summed E-state index contributed by atoms with van der Waals surface area (Å²) in [6.45, 7) is 0. The Kier molecular flexibility index (Phi) is 1.33. The molecule has 1 aliphatic heterocycles. The second-order valence-corrected chi connectivity index (χ2v) is 3.25. The Morgan fingerprint density at radius 1 is 1.36 bits per heavy atom. The third kappa shape index (κ3) is 0.907. The molecule has 0 saturated heterocycles. The van der Waals surface area contributed by atoms with Crippen LogP contribution in [0.1, 0.15) is 6.42 Å². The van der Waals surface area contributed by atoms with Crippen molar-refractivity contribution in [1.82, 2.24) is 10.2 Å². The Hall–Kier alpha value is -1.97. The lowest BCUT2D eigenvalue weighted by molar-refractivity contribution is -0.117. The van der Waals surface area contributed by atoms with Crippen molar-refractivity contribution < 1.29 is 4.79 Å². The van der Waals surface area contributed by atoms with Gasteiger partial charge in [-0.05, 0) is 11.3 Å². The number of carbonyl (C=O) groups excluding carboxylic acids is 1. The average Bonchev–Trinajstić information content (AvgIpc) is 2.65. The monoisotopic (exact) mass is 185 g/mol. The Bertz CT molecular complexity index is 639. The number of aromatic amines is 1. The average molecular weight is 185 g/mol. The number of amides is 1. The third-order valence-corrected chi connectivity index (χ3v) is 2.36. The minimum atomic E-state index is -0.0915. The first-order chi connectivity index (χ1) is 6.84. The molecule has 1 amide bonds. The molecule has 0 atom stereocenters. The molecule has 0 unspecified atom stereocenters. The number of nitrogens with one attached hydrogen (secondary N) is 1. The molecule has 1 N–H and O–H groups in total. The van der Waals surface area contributed by atoms with Gasteiger partial charge < -0.3 is 0 Å². The Morgan fingerprint density at radius 2 is 2.29 bits per heavy atom. The fourth-order valence-corrected chi connectivity index (χ4v) is 1.68. The summed E-state index contributed by atoms with van der Waals surface area (Å²) < 4.78 is 0. The van der Waals surface area contributed by atoms with E-state index in [9.17, 15) is 4.79 Å². The zero-order valence-corrected chi connectivity index (χ0v) is 7.32. The van der Waals surface area contributed by atoms with Crippen LogP contribution in [0.3, 0.4) is 0 Å². The number of fused-ring (bicyclic) bond motifs is 3. The first-order valence-electron chi connectivity index (χ1n) is 4.38. The van der Waals surface area contributed by atoms with Crippen LogP contribution in [0.5, 0.6) is 0 Å². The smallest absolute Gasteiger partial charge is 0.250 e. The molecule has 0 bridgehead atoms. The molecule has 1 aliphatic rings. The molecule has 4 nitrogen and oxygen atoms in total. The summed E-state index contributed by atoms with van der Waals surface area (Å²) >= 11 is 0. The molecule has 0 saturated carbocycles. The minimum absolute atomic E-state index is 0.0915. The van der Waals surface area contributed by atoms with Crippen LogP contribution in [0.2, 0.25) is 0 Å². The van der Waals surface area contributed by atoms with E-state index < -0.39 is 0 Å². The lowest BCUT2D eigenvalue weighted by atomic mass is 10.1. The number of H-pyrrole nitrogens is 1. The van der Waals surface area contributed by atoms with Crippen LogP contribution in [0, 0.1) is 0 Å². The van der Waals surface area contributed by atoms with E-state index in [0.717, 1.165) is 21.5 Å². The van der Waals surface area contributed by atoms with Crippen molar-refractivity contribution in [3.8, 4) is 0 Å². The summed E-state index contributed by atoms with van der Waals surface area (Å²) in [6.07, 6.45) is 4.00. The summed E-state index contributed by atoms with van der Waals surface area (Å²) in [6, 6.07) is 3.90. The predicted molar refractivity (Wildman–Crippen MR) is 51.0 cm³/mol. The second-order valence-electron chi connectivity index (χ2n) is 3.25. The number of benzene rings is 1. The van der Waals surface area contributed by atoms with E-state index in [1.165, 1.54) is 0 Å². The molecule has 2 heterocycles. The number of aromatic nitrogens is 2. The molecule has 4 heteroatoms. The highest BCUT2D eigenvalue weighted by atomic mass is 16.1. The SMILES string of the molecule is O=C1CC=c2ccc3[nH]ncc3c2=N1. The van der Waals surface area contributed by atoms with Gasteiger partial charge in [0.1, 0.15) is 0 Å². The van der Waals surface area contributed by atoms with E-state index in [-0.39, 0.29) is 5.91 Å². The van der Waals surface area contributed by atoms with Gasteiger partial charge in [-0.2, -0.15) is 5.10 Å². The summed E-state index contributed by atoms with van der Waals surface area (Å²) in [7, 11) is 0. The molecule has 1 aromatic heterocycles. The first-order valence-corrected chi connectivity index (χ1v) is 4.38. The highest BCUT2D eigenvalue weighted by Gasteiger charge is 2.06. The van der Waals surface area contributed by atoms with Gasteiger partial charge in [-0.15, -0.1) is 0 Å². The Labute approximate surface area is 79.0 Å². The van der Waals surface area contributed by atoms with Gasteiger partial charge in [-0.1, -0.05) is 12.1 Å². The standard InChI is InChI=1S/C10H7N3O/c14-9-4-2-6-1-3-8-7(5-11-13-8)10(6)12-9/h1-3,5H,4H2,(H,11,13). The summed E-state index contributed by atoms with van der Waals surface area (Å²) in [5, 5.41) is 9.44. The number of carbonyl (C=O) groups is 1. The zero-order chi connectivity index (χ0) is 9.54. The molecule has 14 heavy (non-hydrogen) atoms. The normalized spacial score (nSPS) is 14.7. The zero-order valence-electron chi connectivity index (χ0n) is 7.32. The van der Waals surface area contributed by atoms with Gasteiger partial charge in [-0.3, -0.25) is 9.89 Å². The highest BCUT2D eigenvalue weighted by Crippen LogP contribution is 2.03. The number of rotatable bonds is 0. The molecule has 0 spiro atoms. The van der Waals surface area contributed by atoms with Gasteiger partial charge >= 0.3 is 0 Å². The van der Waals surface area contributed by atoms with Crippen LogP contribution in [0.15, 0.2) is 23.3 Å². The van der Waals surface area contributed by atoms with Crippen molar-refractivity contribution in [3.63, 3.8) is 0 Å². The van der Waals surface area contributed by atoms with E-state index in [0.29, 0.717) is 6.42 Å². The molecule has 2 aromatic rings. The minimum Gasteiger partial charge on any atom is -0.278 e. The maximum absolute atomic E-state index is 11.2. The van der Waals surface area contributed by atoms with Crippen LogP contribution in [-0.4, -0.2) is 16.1 Å². The molecule has 0 fully saturated rings. The quantitative estimate of drug-likeness (QED) is 0.622. The molecular formula is C10H7N3O. The van der Waals surface area contributed by atoms with Gasteiger partial charge in [0.05, 0.1) is 17.1 Å². The predicted octanol–water partition coefficient (Wildman–Crippen LogP) is -0.107. The fraction of sp³-hybridized carbons (Fsp3) is 0.100. The maximum Gasteiger partial charge on any atom is 0.250 e. The number of hydrogen-bond donors (Lipinski definition) is 1. The largest absolute Gasteiger partial charge is 0.278 e. The molecule has 0 aliphatic carbocycles. The van der Waals surface area contributed by atoms with Gasteiger partial charge in [0.2, 0.25) is 5.91 Å². The van der Waals surface area contributed by atoms with E-state index in [2.05, 4.69) is 15.2 Å². The Morgan fingerprint density at radius 3 is 3.21 bits per heavy atom. The molecule has 3 rings (SSSR count). The van der Waals surface area contributed by atoms with Crippen LogP contribution in [0.25, 0.3) is 17.0 Å². The van der Waals surface area contributed by atoms with E-state index in [4.69, 9.17) is 0 Å². The topological polar surface area (TPSA) is 58.1 Å². The highest BCUT2D eigenvalue weighted by molar-refractivity contribution is 5.86. The number of nitrogens with zero attached hydrogens (tertiary/aromatic N) is 2.